The van der Waals surface area contributed by atoms with E-state index in [-0.39, 0.29) is 10.8 Å². The summed E-state index contributed by atoms with van der Waals surface area (Å²) in [6.45, 7) is 5.80. The van der Waals surface area contributed by atoms with Crippen LogP contribution in [0, 0.1) is 25.2 Å². The fourth-order valence-corrected chi connectivity index (χ4v) is 3.50. The van der Waals surface area contributed by atoms with Crippen molar-refractivity contribution in [1.82, 2.24) is 9.55 Å². The van der Waals surface area contributed by atoms with Gasteiger partial charge < -0.3 is 0 Å². The van der Waals surface area contributed by atoms with E-state index < -0.39 is 0 Å². The summed E-state index contributed by atoms with van der Waals surface area (Å²) in [6, 6.07) is 15.5. The van der Waals surface area contributed by atoms with Gasteiger partial charge in [0.1, 0.15) is 0 Å². The van der Waals surface area contributed by atoms with Crippen LogP contribution in [-0.4, -0.2) is 14.8 Å². The van der Waals surface area contributed by atoms with Crippen molar-refractivity contribution >= 4 is 22.7 Å². The Balaban J connectivity index is 2.35. The Bertz CT molecular complexity index is 997. The molecule has 0 spiro atoms. The van der Waals surface area contributed by atoms with Crippen LogP contribution in [0.2, 0.25) is 0 Å². The monoisotopic (exact) mass is 335 g/mol. The average molecular weight is 335 g/mol. The highest BCUT2D eigenvalue weighted by Gasteiger charge is 2.16. The van der Waals surface area contributed by atoms with Crippen molar-refractivity contribution in [3.63, 3.8) is 0 Å². The summed E-state index contributed by atoms with van der Waals surface area (Å²) in [7, 11) is 0. The normalized spacial score (nSPS) is 12.1. The molecule has 120 valence electrons. The van der Waals surface area contributed by atoms with Crippen LogP contribution in [0.3, 0.4) is 0 Å². The molecule has 1 aromatic heterocycles. The highest BCUT2D eigenvalue weighted by atomic mass is 32.2. The fraction of sp³-hybridized carbons (Fsp3) is 0.211. The predicted octanol–water partition coefficient (Wildman–Crippen LogP) is 4.01. The first-order valence-electron chi connectivity index (χ1n) is 7.66. The predicted molar refractivity (Wildman–Crippen MR) is 97.7 cm³/mol. The van der Waals surface area contributed by atoms with Gasteiger partial charge in [0, 0.05) is 0 Å². The third kappa shape index (κ3) is 3.06. The van der Waals surface area contributed by atoms with Gasteiger partial charge in [0.15, 0.2) is 5.16 Å². The van der Waals surface area contributed by atoms with Gasteiger partial charge in [-0.15, -0.1) is 0 Å². The third-order valence-electron chi connectivity index (χ3n) is 3.67. The number of aromatic nitrogens is 2. The molecule has 4 nitrogen and oxygen atoms in total. The zero-order valence-corrected chi connectivity index (χ0v) is 14.6. The van der Waals surface area contributed by atoms with Crippen LogP contribution in [0.4, 0.5) is 0 Å². The van der Waals surface area contributed by atoms with Crippen molar-refractivity contribution in [3.8, 4) is 11.8 Å². The minimum Gasteiger partial charge on any atom is -0.268 e. The molecule has 0 saturated carbocycles. The quantitative estimate of drug-likeness (QED) is 0.536. The molecule has 1 atom stereocenters. The first-order chi connectivity index (χ1) is 11.5. The smallest absolute Gasteiger partial charge is 0.266 e. The lowest BCUT2D eigenvalue weighted by atomic mass is 10.1. The minimum absolute atomic E-state index is 0.113. The maximum Gasteiger partial charge on any atom is 0.266 e. The largest absolute Gasteiger partial charge is 0.268 e. The Morgan fingerprint density at radius 3 is 2.50 bits per heavy atom. The first-order valence-corrected chi connectivity index (χ1v) is 8.54. The number of aryl methyl sites for hydroxylation is 2. The molecule has 0 saturated heterocycles. The highest BCUT2D eigenvalue weighted by Crippen LogP contribution is 2.25. The van der Waals surface area contributed by atoms with Crippen molar-refractivity contribution in [3.05, 3.63) is 63.9 Å². The highest BCUT2D eigenvalue weighted by molar-refractivity contribution is 8.00. The number of hydrogen-bond donors (Lipinski definition) is 0. The molecule has 24 heavy (non-hydrogen) atoms. The van der Waals surface area contributed by atoms with Gasteiger partial charge in [0.2, 0.25) is 0 Å². The molecule has 0 fully saturated rings. The Hall–Kier alpha value is -2.58. The van der Waals surface area contributed by atoms with Crippen molar-refractivity contribution in [2.75, 3.05) is 0 Å². The second kappa shape index (κ2) is 6.50. The lowest BCUT2D eigenvalue weighted by molar-refractivity contribution is 0.816. The van der Waals surface area contributed by atoms with Crippen molar-refractivity contribution in [2.24, 2.45) is 0 Å². The van der Waals surface area contributed by atoms with Gasteiger partial charge in [-0.3, -0.25) is 9.36 Å². The van der Waals surface area contributed by atoms with E-state index in [0.29, 0.717) is 16.1 Å². The SMILES string of the molecule is Cc1cc(C)cc(-n2c(SC(C)C#N)nc3ccccc3c2=O)c1. The van der Waals surface area contributed by atoms with E-state index in [1.807, 2.05) is 44.2 Å². The summed E-state index contributed by atoms with van der Waals surface area (Å²) in [5.74, 6) is 0. The molecule has 0 bridgehead atoms. The number of fused-ring (bicyclic) bond motifs is 1. The van der Waals surface area contributed by atoms with Crippen LogP contribution >= 0.6 is 11.8 Å². The van der Waals surface area contributed by atoms with Gasteiger partial charge in [0.25, 0.3) is 5.56 Å². The Morgan fingerprint density at radius 2 is 1.83 bits per heavy atom. The molecule has 2 aromatic carbocycles. The summed E-state index contributed by atoms with van der Waals surface area (Å²) < 4.78 is 1.61. The van der Waals surface area contributed by atoms with Crippen LogP contribution in [0.15, 0.2) is 52.4 Å². The van der Waals surface area contributed by atoms with E-state index in [0.717, 1.165) is 16.8 Å². The zero-order valence-electron chi connectivity index (χ0n) is 13.8. The molecule has 1 unspecified atom stereocenters. The van der Waals surface area contributed by atoms with E-state index in [1.165, 1.54) is 11.8 Å². The number of hydrogen-bond acceptors (Lipinski definition) is 4. The van der Waals surface area contributed by atoms with E-state index >= 15 is 0 Å². The summed E-state index contributed by atoms with van der Waals surface area (Å²) in [5.41, 5.74) is 3.47. The van der Waals surface area contributed by atoms with E-state index in [9.17, 15) is 4.79 Å². The summed E-state index contributed by atoms with van der Waals surface area (Å²) in [6.07, 6.45) is 0. The molecule has 0 radical (unpaired) electrons. The molecular weight excluding hydrogens is 318 g/mol. The molecule has 5 heteroatoms. The Kier molecular flexibility index (Phi) is 4.41. The molecule has 0 N–H and O–H groups in total. The number of nitriles is 1. The third-order valence-corrected chi connectivity index (χ3v) is 4.62. The summed E-state index contributed by atoms with van der Waals surface area (Å²) in [4.78, 5) is 17.7. The molecule has 0 aliphatic carbocycles. The molecule has 1 heterocycles. The van der Waals surface area contributed by atoms with E-state index in [4.69, 9.17) is 5.26 Å². The second-order valence-corrected chi connectivity index (χ2v) is 7.10. The fourth-order valence-electron chi connectivity index (χ4n) is 2.68. The first kappa shape index (κ1) is 16.3. The number of rotatable bonds is 3. The topological polar surface area (TPSA) is 58.7 Å². The number of para-hydroxylation sites is 1. The number of thioether (sulfide) groups is 1. The van der Waals surface area contributed by atoms with Gasteiger partial charge in [-0.25, -0.2) is 4.98 Å². The summed E-state index contributed by atoms with van der Waals surface area (Å²) >= 11 is 1.30. The van der Waals surface area contributed by atoms with Crippen LogP contribution in [0.1, 0.15) is 18.1 Å². The van der Waals surface area contributed by atoms with Gasteiger partial charge in [0.05, 0.1) is 27.9 Å². The molecule has 0 aliphatic heterocycles. The Morgan fingerprint density at radius 1 is 1.17 bits per heavy atom. The van der Waals surface area contributed by atoms with Crippen molar-refractivity contribution in [2.45, 2.75) is 31.2 Å². The van der Waals surface area contributed by atoms with Crippen LogP contribution < -0.4 is 5.56 Å². The number of benzene rings is 2. The zero-order chi connectivity index (χ0) is 17.3. The van der Waals surface area contributed by atoms with Crippen molar-refractivity contribution < 1.29 is 0 Å². The van der Waals surface area contributed by atoms with Gasteiger partial charge in [-0.1, -0.05) is 30.0 Å². The lowest BCUT2D eigenvalue weighted by Gasteiger charge is -2.15. The molecule has 3 aromatic rings. The second-order valence-electron chi connectivity index (χ2n) is 5.79. The molecular formula is C19H17N3OS. The summed E-state index contributed by atoms with van der Waals surface area (Å²) in [5, 5.41) is 9.96. The van der Waals surface area contributed by atoms with Gasteiger partial charge in [-0.2, -0.15) is 5.26 Å². The van der Waals surface area contributed by atoms with Gasteiger partial charge in [-0.05, 0) is 56.2 Å². The van der Waals surface area contributed by atoms with Crippen LogP contribution in [0.25, 0.3) is 16.6 Å². The molecule has 0 aliphatic rings. The lowest BCUT2D eigenvalue weighted by Crippen LogP contribution is -2.22. The molecule has 0 amide bonds. The van der Waals surface area contributed by atoms with Gasteiger partial charge >= 0.3 is 0 Å². The van der Waals surface area contributed by atoms with Crippen LogP contribution in [0.5, 0.6) is 0 Å². The minimum atomic E-state index is -0.296. The van der Waals surface area contributed by atoms with E-state index in [2.05, 4.69) is 17.1 Å². The maximum absolute atomic E-state index is 13.1. The Labute approximate surface area is 144 Å². The van der Waals surface area contributed by atoms with Crippen LogP contribution in [-0.2, 0) is 0 Å². The van der Waals surface area contributed by atoms with E-state index in [1.54, 1.807) is 17.6 Å². The maximum atomic E-state index is 13.1. The average Bonchev–Trinajstić information content (AvgIpc) is 2.54. The standard InChI is InChI=1S/C19H17N3OS/c1-12-8-13(2)10-15(9-12)22-18(23)16-6-4-5-7-17(16)21-19(22)24-14(3)11-20/h4-10,14H,1-3H3. The van der Waals surface area contributed by atoms with Crippen molar-refractivity contribution in [1.29, 1.82) is 5.26 Å². The molecule has 3 rings (SSSR count). The number of nitrogens with zero attached hydrogens (tertiary/aromatic N) is 3.